The second-order valence-corrected chi connectivity index (χ2v) is 6.15. The third-order valence-electron chi connectivity index (χ3n) is 3.49. The van der Waals surface area contributed by atoms with Crippen molar-refractivity contribution in [3.63, 3.8) is 0 Å². The van der Waals surface area contributed by atoms with Crippen LogP contribution in [0.3, 0.4) is 0 Å². The minimum atomic E-state index is -0.256. The Labute approximate surface area is 147 Å². The first-order valence-electron chi connectivity index (χ1n) is 7.26. The summed E-state index contributed by atoms with van der Waals surface area (Å²) in [6, 6.07) is 14.4. The Hall–Kier alpha value is -2.73. The van der Waals surface area contributed by atoms with Gasteiger partial charge in [0.2, 0.25) is 0 Å². The highest BCUT2D eigenvalue weighted by Gasteiger charge is 2.10. The van der Waals surface area contributed by atoms with Crippen molar-refractivity contribution < 1.29 is 9.59 Å². The van der Waals surface area contributed by atoms with E-state index in [0.717, 1.165) is 10.2 Å². The van der Waals surface area contributed by atoms with Crippen molar-refractivity contribution in [3.05, 3.63) is 76.5 Å². The molecule has 1 amide bonds. The molecule has 1 heterocycles. The van der Waals surface area contributed by atoms with E-state index in [9.17, 15) is 9.59 Å². The molecule has 0 saturated heterocycles. The molecule has 0 aliphatic rings. The van der Waals surface area contributed by atoms with Crippen LogP contribution in [0.4, 0.5) is 5.69 Å². The molecule has 0 bridgehead atoms. The SMILES string of the molecule is CC(=O)c1ccc(NC(=O)c2cnn(-c3ccc(Br)cc3)c2)cc1. The Kier molecular flexibility index (Phi) is 4.57. The van der Waals surface area contributed by atoms with E-state index in [0.29, 0.717) is 16.8 Å². The molecule has 0 saturated carbocycles. The molecule has 5 nitrogen and oxygen atoms in total. The minimum Gasteiger partial charge on any atom is -0.322 e. The maximum Gasteiger partial charge on any atom is 0.258 e. The largest absolute Gasteiger partial charge is 0.322 e. The predicted octanol–water partition coefficient (Wildman–Crippen LogP) is 4.09. The second-order valence-electron chi connectivity index (χ2n) is 5.24. The van der Waals surface area contributed by atoms with Crippen LogP contribution in [0.5, 0.6) is 0 Å². The van der Waals surface area contributed by atoms with Gasteiger partial charge in [-0.2, -0.15) is 5.10 Å². The highest BCUT2D eigenvalue weighted by Crippen LogP contribution is 2.15. The Morgan fingerprint density at radius 3 is 2.29 bits per heavy atom. The van der Waals surface area contributed by atoms with Gasteiger partial charge in [-0.3, -0.25) is 9.59 Å². The zero-order valence-corrected chi connectivity index (χ0v) is 14.4. The Bertz CT molecular complexity index is 883. The molecule has 0 radical (unpaired) electrons. The van der Waals surface area contributed by atoms with Crippen LogP contribution in [0.2, 0.25) is 0 Å². The molecule has 3 aromatic rings. The van der Waals surface area contributed by atoms with Crippen LogP contribution in [-0.2, 0) is 0 Å². The van der Waals surface area contributed by atoms with Gasteiger partial charge in [-0.05, 0) is 55.5 Å². The third-order valence-corrected chi connectivity index (χ3v) is 4.01. The van der Waals surface area contributed by atoms with Crippen molar-refractivity contribution in [1.82, 2.24) is 9.78 Å². The summed E-state index contributed by atoms with van der Waals surface area (Å²) in [4.78, 5) is 23.6. The first-order valence-corrected chi connectivity index (χ1v) is 8.05. The van der Waals surface area contributed by atoms with Crippen molar-refractivity contribution in [2.75, 3.05) is 5.32 Å². The zero-order valence-electron chi connectivity index (χ0n) is 12.9. The summed E-state index contributed by atoms with van der Waals surface area (Å²) in [5, 5.41) is 7.00. The minimum absolute atomic E-state index is 0.0105. The number of rotatable bonds is 4. The van der Waals surface area contributed by atoms with Crippen molar-refractivity contribution in [2.45, 2.75) is 6.92 Å². The molecule has 0 fully saturated rings. The fourth-order valence-electron chi connectivity index (χ4n) is 2.17. The lowest BCUT2D eigenvalue weighted by atomic mass is 10.1. The number of carbonyl (C=O) groups is 2. The molecule has 24 heavy (non-hydrogen) atoms. The summed E-state index contributed by atoms with van der Waals surface area (Å²) in [7, 11) is 0. The smallest absolute Gasteiger partial charge is 0.258 e. The normalized spacial score (nSPS) is 10.4. The lowest BCUT2D eigenvalue weighted by Gasteiger charge is -2.04. The molecule has 0 spiro atoms. The Morgan fingerprint density at radius 1 is 1.00 bits per heavy atom. The predicted molar refractivity (Wildman–Crippen MR) is 95.7 cm³/mol. The van der Waals surface area contributed by atoms with Crippen LogP contribution in [0.1, 0.15) is 27.6 Å². The van der Waals surface area contributed by atoms with Gasteiger partial charge in [0.15, 0.2) is 5.78 Å². The number of ketones is 1. The number of anilines is 1. The quantitative estimate of drug-likeness (QED) is 0.690. The molecule has 2 aromatic carbocycles. The molecule has 3 rings (SSSR count). The van der Waals surface area contributed by atoms with Crippen LogP contribution >= 0.6 is 15.9 Å². The number of halogens is 1. The standard InChI is InChI=1S/C18H14BrN3O2/c1-12(23)13-2-6-16(7-3-13)21-18(24)14-10-20-22(11-14)17-8-4-15(19)5-9-17/h2-11H,1H3,(H,21,24). The van der Waals surface area contributed by atoms with Crippen LogP contribution in [0.15, 0.2) is 65.4 Å². The van der Waals surface area contributed by atoms with E-state index in [2.05, 4.69) is 26.3 Å². The van der Waals surface area contributed by atoms with E-state index in [1.165, 1.54) is 13.1 Å². The molecule has 1 aromatic heterocycles. The van der Waals surface area contributed by atoms with Crippen molar-refractivity contribution in [3.8, 4) is 5.69 Å². The van der Waals surface area contributed by atoms with Gasteiger partial charge >= 0.3 is 0 Å². The lowest BCUT2D eigenvalue weighted by molar-refractivity contribution is 0.101. The summed E-state index contributed by atoms with van der Waals surface area (Å²) < 4.78 is 2.62. The summed E-state index contributed by atoms with van der Waals surface area (Å²) >= 11 is 3.38. The van der Waals surface area contributed by atoms with Crippen molar-refractivity contribution >= 4 is 33.3 Å². The molecular weight excluding hydrogens is 370 g/mol. The van der Waals surface area contributed by atoms with Crippen molar-refractivity contribution in [2.24, 2.45) is 0 Å². The fourth-order valence-corrected chi connectivity index (χ4v) is 2.43. The van der Waals surface area contributed by atoms with Crippen LogP contribution < -0.4 is 5.32 Å². The highest BCUT2D eigenvalue weighted by molar-refractivity contribution is 9.10. The monoisotopic (exact) mass is 383 g/mol. The van der Waals surface area contributed by atoms with Gasteiger partial charge in [0.1, 0.15) is 0 Å². The van der Waals surface area contributed by atoms with Crippen LogP contribution in [-0.4, -0.2) is 21.5 Å². The number of Topliss-reactive ketones (excluding diaryl/α,β-unsaturated/α-hetero) is 1. The molecule has 120 valence electrons. The zero-order chi connectivity index (χ0) is 17.1. The average Bonchev–Trinajstić information content (AvgIpc) is 3.06. The number of carbonyl (C=O) groups excluding carboxylic acids is 2. The molecule has 0 aliphatic heterocycles. The Morgan fingerprint density at radius 2 is 1.67 bits per heavy atom. The summed E-state index contributed by atoms with van der Waals surface area (Å²) in [5.41, 5.74) is 2.55. The maximum atomic E-state index is 12.3. The van der Waals surface area contributed by atoms with E-state index in [1.807, 2.05) is 24.3 Å². The average molecular weight is 384 g/mol. The van der Waals surface area contributed by atoms with Crippen LogP contribution in [0, 0.1) is 0 Å². The molecule has 0 unspecified atom stereocenters. The van der Waals surface area contributed by atoms with Gasteiger partial charge in [0.25, 0.3) is 5.91 Å². The number of amides is 1. The Balaban J connectivity index is 1.73. The molecule has 6 heteroatoms. The molecule has 0 atom stereocenters. The first kappa shape index (κ1) is 16.1. The number of benzene rings is 2. The number of hydrogen-bond donors (Lipinski definition) is 1. The van der Waals surface area contributed by atoms with E-state index in [1.54, 1.807) is 35.1 Å². The highest BCUT2D eigenvalue weighted by atomic mass is 79.9. The topological polar surface area (TPSA) is 64.0 Å². The van der Waals surface area contributed by atoms with E-state index in [-0.39, 0.29) is 11.7 Å². The van der Waals surface area contributed by atoms with Crippen molar-refractivity contribution in [1.29, 1.82) is 0 Å². The van der Waals surface area contributed by atoms with Gasteiger partial charge in [-0.1, -0.05) is 15.9 Å². The summed E-state index contributed by atoms with van der Waals surface area (Å²) in [5.74, 6) is -0.266. The second kappa shape index (κ2) is 6.80. The van der Waals surface area contributed by atoms with Gasteiger partial charge in [-0.15, -0.1) is 0 Å². The first-order chi connectivity index (χ1) is 11.5. The van der Waals surface area contributed by atoms with Gasteiger partial charge in [-0.25, -0.2) is 4.68 Å². The summed E-state index contributed by atoms with van der Waals surface area (Å²) in [6.07, 6.45) is 3.18. The van der Waals surface area contributed by atoms with Gasteiger partial charge in [0.05, 0.1) is 17.4 Å². The maximum absolute atomic E-state index is 12.3. The van der Waals surface area contributed by atoms with Gasteiger partial charge in [0, 0.05) is 21.9 Å². The van der Waals surface area contributed by atoms with Crippen LogP contribution in [0.25, 0.3) is 5.69 Å². The number of nitrogens with zero attached hydrogens (tertiary/aromatic N) is 2. The van der Waals surface area contributed by atoms with Gasteiger partial charge < -0.3 is 5.32 Å². The molecule has 0 aliphatic carbocycles. The third kappa shape index (κ3) is 3.60. The number of hydrogen-bond acceptors (Lipinski definition) is 3. The molecular formula is C18H14BrN3O2. The molecule has 1 N–H and O–H groups in total. The van der Waals surface area contributed by atoms with E-state index < -0.39 is 0 Å². The van der Waals surface area contributed by atoms with E-state index in [4.69, 9.17) is 0 Å². The fraction of sp³-hybridized carbons (Fsp3) is 0.0556. The number of aromatic nitrogens is 2. The summed E-state index contributed by atoms with van der Waals surface area (Å²) in [6.45, 7) is 1.50. The number of nitrogens with one attached hydrogen (secondary N) is 1. The lowest BCUT2D eigenvalue weighted by Crippen LogP contribution is -2.11. The van der Waals surface area contributed by atoms with E-state index >= 15 is 0 Å².